The Hall–Kier alpha value is -1.55. The normalized spacial score (nSPS) is 12.2. The number of sulfonamides is 1. The van der Waals surface area contributed by atoms with Crippen LogP contribution >= 0.6 is 23.1 Å². The highest BCUT2D eigenvalue weighted by Crippen LogP contribution is 2.37. The van der Waals surface area contributed by atoms with E-state index in [1.807, 2.05) is 6.07 Å². The van der Waals surface area contributed by atoms with Crippen molar-refractivity contribution in [1.82, 2.24) is 14.3 Å². The molecule has 0 saturated heterocycles. The molecule has 9 heteroatoms. The fraction of sp³-hybridized carbons (Fsp3) is 0.294. The van der Waals surface area contributed by atoms with E-state index >= 15 is 0 Å². The quantitative estimate of drug-likeness (QED) is 0.335. The highest BCUT2D eigenvalue weighted by Gasteiger charge is 2.14. The Morgan fingerprint density at radius 1 is 1.19 bits per heavy atom. The van der Waals surface area contributed by atoms with Crippen LogP contribution in [0.5, 0.6) is 0 Å². The summed E-state index contributed by atoms with van der Waals surface area (Å²) >= 11 is 3.09. The van der Waals surface area contributed by atoms with Crippen molar-refractivity contribution in [3.05, 3.63) is 42.5 Å². The van der Waals surface area contributed by atoms with Gasteiger partial charge in [0, 0.05) is 24.7 Å². The summed E-state index contributed by atoms with van der Waals surface area (Å²) in [4.78, 5) is 9.64. The first kappa shape index (κ1) is 19.2. The minimum Gasteiger partial charge on any atom is -0.235 e. The van der Waals surface area contributed by atoms with Crippen LogP contribution in [0.3, 0.4) is 0 Å². The van der Waals surface area contributed by atoms with E-state index in [1.165, 1.54) is 34.5 Å². The third kappa shape index (κ3) is 4.40. The number of thiophene rings is 1. The lowest BCUT2D eigenvalue weighted by molar-refractivity contribution is 0.520. The van der Waals surface area contributed by atoms with E-state index in [0.29, 0.717) is 12.2 Å². The zero-order valence-electron chi connectivity index (χ0n) is 14.3. The molecule has 0 atom stereocenters. The van der Waals surface area contributed by atoms with Crippen LogP contribution in [0, 0.1) is 5.82 Å². The van der Waals surface area contributed by atoms with Gasteiger partial charge in [0.25, 0.3) is 0 Å². The second kappa shape index (κ2) is 7.99. The molecule has 0 aliphatic heterocycles. The SMILES string of the molecule is CN(C)S(=O)(=O)CCCSc1ncnc2cc(-c3ccc(F)cc3)sc12. The predicted octanol–water partition coefficient (Wildman–Crippen LogP) is 3.87. The maximum atomic E-state index is 13.1. The molecule has 3 rings (SSSR count). The Balaban J connectivity index is 1.74. The highest BCUT2D eigenvalue weighted by atomic mass is 32.2. The van der Waals surface area contributed by atoms with Crippen molar-refractivity contribution in [3.63, 3.8) is 0 Å². The van der Waals surface area contributed by atoms with Crippen LogP contribution in [0.2, 0.25) is 0 Å². The summed E-state index contributed by atoms with van der Waals surface area (Å²) in [6.07, 6.45) is 2.06. The lowest BCUT2D eigenvalue weighted by atomic mass is 10.2. The summed E-state index contributed by atoms with van der Waals surface area (Å²) in [5, 5.41) is 0.843. The Morgan fingerprint density at radius 2 is 1.92 bits per heavy atom. The van der Waals surface area contributed by atoms with Crippen LogP contribution in [-0.2, 0) is 10.0 Å². The number of benzene rings is 1. The van der Waals surface area contributed by atoms with E-state index in [9.17, 15) is 12.8 Å². The first-order chi connectivity index (χ1) is 12.4. The predicted molar refractivity (Wildman–Crippen MR) is 106 cm³/mol. The Labute approximate surface area is 160 Å². The van der Waals surface area contributed by atoms with Gasteiger partial charge in [-0.05, 0) is 30.2 Å². The molecule has 0 bridgehead atoms. The van der Waals surface area contributed by atoms with Crippen molar-refractivity contribution in [3.8, 4) is 10.4 Å². The zero-order chi connectivity index (χ0) is 18.7. The molecule has 0 fully saturated rings. The standard InChI is InChI=1S/C17H18FN3O2S3/c1-21(2)26(22,23)9-3-8-24-17-16-14(19-11-20-17)10-15(25-16)12-4-6-13(18)7-5-12/h4-7,10-11H,3,8-9H2,1-2H3. The summed E-state index contributed by atoms with van der Waals surface area (Å²) in [6.45, 7) is 0. The molecule has 3 aromatic rings. The largest absolute Gasteiger partial charge is 0.235 e. The van der Waals surface area contributed by atoms with E-state index in [4.69, 9.17) is 0 Å². The van der Waals surface area contributed by atoms with Crippen molar-refractivity contribution in [2.75, 3.05) is 25.6 Å². The van der Waals surface area contributed by atoms with E-state index in [0.717, 1.165) is 25.7 Å². The average Bonchev–Trinajstić information content (AvgIpc) is 3.04. The van der Waals surface area contributed by atoms with Crippen molar-refractivity contribution in [2.45, 2.75) is 11.4 Å². The maximum absolute atomic E-state index is 13.1. The van der Waals surface area contributed by atoms with Gasteiger partial charge in [-0.2, -0.15) is 0 Å². The molecule has 0 amide bonds. The fourth-order valence-electron chi connectivity index (χ4n) is 2.28. The number of thioether (sulfide) groups is 1. The molecule has 0 N–H and O–H groups in total. The summed E-state index contributed by atoms with van der Waals surface area (Å²) < 4.78 is 38.9. The highest BCUT2D eigenvalue weighted by molar-refractivity contribution is 7.99. The Bertz CT molecular complexity index is 1000. The third-order valence-electron chi connectivity index (χ3n) is 3.75. The topological polar surface area (TPSA) is 63.2 Å². The average molecular weight is 412 g/mol. The van der Waals surface area contributed by atoms with Gasteiger partial charge in [0.1, 0.15) is 17.2 Å². The van der Waals surface area contributed by atoms with Gasteiger partial charge < -0.3 is 0 Å². The van der Waals surface area contributed by atoms with Gasteiger partial charge in [-0.1, -0.05) is 12.1 Å². The number of fused-ring (bicyclic) bond motifs is 1. The number of hydrogen-bond donors (Lipinski definition) is 0. The van der Waals surface area contributed by atoms with E-state index in [-0.39, 0.29) is 11.6 Å². The molecular weight excluding hydrogens is 393 g/mol. The van der Waals surface area contributed by atoms with Gasteiger partial charge in [-0.3, -0.25) is 0 Å². The lowest BCUT2D eigenvalue weighted by Crippen LogP contribution is -2.25. The summed E-state index contributed by atoms with van der Waals surface area (Å²) in [6, 6.07) is 8.33. The Morgan fingerprint density at radius 3 is 2.62 bits per heavy atom. The van der Waals surface area contributed by atoms with Gasteiger partial charge in [-0.25, -0.2) is 27.1 Å². The van der Waals surface area contributed by atoms with Crippen LogP contribution in [0.4, 0.5) is 4.39 Å². The number of halogens is 1. The van der Waals surface area contributed by atoms with Crippen molar-refractivity contribution < 1.29 is 12.8 Å². The maximum Gasteiger partial charge on any atom is 0.213 e. The molecule has 2 aromatic heterocycles. The van der Waals surface area contributed by atoms with Crippen LogP contribution in [0.25, 0.3) is 20.7 Å². The summed E-state index contributed by atoms with van der Waals surface area (Å²) in [5.41, 5.74) is 1.77. The molecule has 0 spiro atoms. The van der Waals surface area contributed by atoms with Gasteiger partial charge in [-0.15, -0.1) is 23.1 Å². The molecule has 0 aliphatic carbocycles. The van der Waals surface area contributed by atoms with Crippen molar-refractivity contribution in [1.29, 1.82) is 0 Å². The molecular formula is C17H18FN3O2S3. The molecule has 138 valence electrons. The van der Waals surface area contributed by atoms with E-state index in [2.05, 4.69) is 9.97 Å². The molecule has 5 nitrogen and oxygen atoms in total. The van der Waals surface area contributed by atoms with Crippen LogP contribution < -0.4 is 0 Å². The Kier molecular flexibility index (Phi) is 5.91. The summed E-state index contributed by atoms with van der Waals surface area (Å²) in [5.74, 6) is 0.508. The monoisotopic (exact) mass is 411 g/mol. The zero-order valence-corrected chi connectivity index (χ0v) is 16.8. The number of aromatic nitrogens is 2. The van der Waals surface area contributed by atoms with Gasteiger partial charge >= 0.3 is 0 Å². The molecule has 0 aliphatic rings. The number of rotatable bonds is 7. The second-order valence-electron chi connectivity index (χ2n) is 5.81. The minimum absolute atomic E-state index is 0.118. The van der Waals surface area contributed by atoms with Gasteiger partial charge in [0.05, 0.1) is 16.0 Å². The van der Waals surface area contributed by atoms with Gasteiger partial charge in [0.15, 0.2) is 0 Å². The lowest BCUT2D eigenvalue weighted by Gasteiger charge is -2.10. The number of hydrogen-bond acceptors (Lipinski definition) is 6. The molecule has 0 saturated carbocycles. The molecule has 0 radical (unpaired) electrons. The molecule has 2 heterocycles. The van der Waals surface area contributed by atoms with E-state index < -0.39 is 10.0 Å². The second-order valence-corrected chi connectivity index (χ2v) is 10.2. The first-order valence-electron chi connectivity index (χ1n) is 7.90. The smallest absolute Gasteiger partial charge is 0.213 e. The van der Waals surface area contributed by atoms with Crippen molar-refractivity contribution >= 4 is 43.3 Å². The first-order valence-corrected chi connectivity index (χ1v) is 11.3. The van der Waals surface area contributed by atoms with Crippen LogP contribution in [0.1, 0.15) is 6.42 Å². The minimum atomic E-state index is -3.17. The molecule has 26 heavy (non-hydrogen) atoms. The van der Waals surface area contributed by atoms with Gasteiger partial charge in [0.2, 0.25) is 10.0 Å². The fourth-order valence-corrected chi connectivity index (χ4v) is 5.48. The number of nitrogens with zero attached hydrogens (tertiary/aromatic N) is 3. The third-order valence-corrected chi connectivity index (χ3v) is 8.05. The van der Waals surface area contributed by atoms with E-state index in [1.54, 1.807) is 37.6 Å². The van der Waals surface area contributed by atoms with Crippen LogP contribution in [-0.4, -0.2) is 48.3 Å². The van der Waals surface area contributed by atoms with Crippen molar-refractivity contribution in [2.24, 2.45) is 0 Å². The van der Waals surface area contributed by atoms with Crippen LogP contribution in [0.15, 0.2) is 41.7 Å². The summed E-state index contributed by atoms with van der Waals surface area (Å²) in [7, 11) is -0.0899. The molecule has 1 aromatic carbocycles. The molecule has 0 unspecified atom stereocenters.